The molecule has 0 saturated heterocycles. The lowest BCUT2D eigenvalue weighted by Gasteiger charge is -2.33. The summed E-state index contributed by atoms with van der Waals surface area (Å²) in [6, 6.07) is 23.7. The number of carbonyl (C=O) groups excluding carboxylic acids is 3. The zero-order chi connectivity index (χ0) is 27.4. The van der Waals surface area contributed by atoms with Gasteiger partial charge in [0.2, 0.25) is 11.8 Å². The summed E-state index contributed by atoms with van der Waals surface area (Å²) < 4.78 is 27.0. The van der Waals surface area contributed by atoms with Gasteiger partial charge in [0.25, 0.3) is 15.9 Å². The van der Waals surface area contributed by atoms with Gasteiger partial charge in [0, 0.05) is 19.0 Å². The van der Waals surface area contributed by atoms with Crippen molar-refractivity contribution < 1.29 is 22.8 Å². The molecule has 1 saturated carbocycles. The molecule has 5 rings (SSSR count). The molecule has 1 atom stereocenters. The van der Waals surface area contributed by atoms with Crippen LogP contribution in [0.25, 0.3) is 0 Å². The second kappa shape index (κ2) is 11.4. The van der Waals surface area contributed by atoms with Crippen LogP contribution in [0.2, 0.25) is 0 Å². The first-order chi connectivity index (χ1) is 18.8. The van der Waals surface area contributed by atoms with Crippen molar-refractivity contribution in [2.24, 2.45) is 0 Å². The molecule has 202 valence electrons. The maximum absolute atomic E-state index is 13.9. The lowest BCUT2D eigenvalue weighted by molar-refractivity contribution is -0.141. The third-order valence-electron chi connectivity index (χ3n) is 7.36. The van der Waals surface area contributed by atoms with E-state index in [1.165, 1.54) is 17.0 Å². The molecule has 0 bridgehead atoms. The zero-order valence-electron chi connectivity index (χ0n) is 21.5. The van der Waals surface area contributed by atoms with Crippen molar-refractivity contribution in [1.82, 2.24) is 14.5 Å². The molecule has 39 heavy (non-hydrogen) atoms. The second-order valence-electron chi connectivity index (χ2n) is 10.0. The second-order valence-corrected chi connectivity index (χ2v) is 11.8. The Bertz CT molecular complexity index is 1450. The number of hydrogen-bond donors (Lipinski definition) is 1. The van der Waals surface area contributed by atoms with E-state index >= 15 is 0 Å². The van der Waals surface area contributed by atoms with Crippen LogP contribution in [0.3, 0.4) is 0 Å². The highest BCUT2D eigenvalue weighted by atomic mass is 32.2. The first kappa shape index (κ1) is 26.6. The van der Waals surface area contributed by atoms with E-state index in [1.807, 2.05) is 60.7 Å². The third kappa shape index (κ3) is 5.73. The molecule has 1 aliphatic carbocycles. The molecule has 1 N–H and O–H groups in total. The molecule has 3 aromatic carbocycles. The van der Waals surface area contributed by atoms with Crippen LogP contribution >= 0.6 is 0 Å². The number of nitrogens with zero attached hydrogens (tertiary/aromatic N) is 2. The standard InChI is InChI=1S/C30H31N3O5S/c34-28(21-33-30(36)25-17-9-10-18-27(25)39(33,37)38)32(20-23-13-5-2-6-14-23)26(19-22-11-3-1-4-12-22)29(35)31-24-15-7-8-16-24/h1-6,9-14,17-18,24,26H,7-8,15-16,19-21H2,(H,31,35). The van der Waals surface area contributed by atoms with Crippen molar-refractivity contribution in [3.05, 3.63) is 102 Å². The number of hydrogen-bond acceptors (Lipinski definition) is 5. The Morgan fingerprint density at radius 2 is 1.46 bits per heavy atom. The number of carbonyl (C=O) groups is 3. The minimum absolute atomic E-state index is 0.0412. The molecular formula is C30H31N3O5S. The van der Waals surface area contributed by atoms with E-state index < -0.39 is 34.4 Å². The molecule has 0 spiro atoms. The van der Waals surface area contributed by atoms with Gasteiger partial charge in [-0.15, -0.1) is 0 Å². The van der Waals surface area contributed by atoms with Gasteiger partial charge in [-0.1, -0.05) is 85.6 Å². The van der Waals surface area contributed by atoms with E-state index in [2.05, 4.69) is 5.32 Å². The molecule has 3 amide bonds. The summed E-state index contributed by atoms with van der Waals surface area (Å²) in [6.45, 7) is -0.602. The Hall–Kier alpha value is -3.98. The van der Waals surface area contributed by atoms with Crippen molar-refractivity contribution in [3.63, 3.8) is 0 Å². The molecule has 1 fully saturated rings. The molecule has 2 aliphatic rings. The van der Waals surface area contributed by atoms with E-state index in [1.54, 1.807) is 12.1 Å². The van der Waals surface area contributed by atoms with Crippen LogP contribution in [0, 0.1) is 0 Å². The van der Waals surface area contributed by atoms with E-state index in [-0.39, 0.29) is 35.4 Å². The highest BCUT2D eigenvalue weighted by Crippen LogP contribution is 2.30. The predicted octanol–water partition coefficient (Wildman–Crippen LogP) is 3.53. The van der Waals surface area contributed by atoms with Crippen molar-refractivity contribution in [3.8, 4) is 0 Å². The maximum atomic E-state index is 13.9. The zero-order valence-corrected chi connectivity index (χ0v) is 22.3. The number of amides is 3. The molecular weight excluding hydrogens is 514 g/mol. The van der Waals surface area contributed by atoms with Crippen LogP contribution in [0.1, 0.15) is 47.2 Å². The van der Waals surface area contributed by atoms with Crippen LogP contribution in [0.4, 0.5) is 0 Å². The van der Waals surface area contributed by atoms with Crippen molar-refractivity contribution in [1.29, 1.82) is 0 Å². The van der Waals surface area contributed by atoms with Crippen LogP contribution < -0.4 is 5.32 Å². The molecule has 3 aromatic rings. The number of sulfonamides is 1. The molecule has 8 nitrogen and oxygen atoms in total. The van der Waals surface area contributed by atoms with Gasteiger partial charge in [-0.05, 0) is 36.1 Å². The van der Waals surface area contributed by atoms with E-state index in [0.717, 1.165) is 36.8 Å². The van der Waals surface area contributed by atoms with Gasteiger partial charge in [0.1, 0.15) is 17.5 Å². The Morgan fingerprint density at radius 1 is 0.872 bits per heavy atom. The average molecular weight is 546 g/mol. The molecule has 0 aromatic heterocycles. The first-order valence-electron chi connectivity index (χ1n) is 13.2. The Morgan fingerprint density at radius 3 is 2.10 bits per heavy atom. The molecule has 0 radical (unpaired) electrons. The lowest BCUT2D eigenvalue weighted by Crippen LogP contribution is -2.54. The van der Waals surface area contributed by atoms with Gasteiger partial charge in [0.15, 0.2) is 0 Å². The maximum Gasteiger partial charge on any atom is 0.269 e. The summed E-state index contributed by atoms with van der Waals surface area (Å²) in [4.78, 5) is 42.0. The topological polar surface area (TPSA) is 104 Å². The summed E-state index contributed by atoms with van der Waals surface area (Å²) in [5.41, 5.74) is 1.70. The van der Waals surface area contributed by atoms with Gasteiger partial charge in [0.05, 0.1) is 5.56 Å². The fourth-order valence-corrected chi connectivity index (χ4v) is 6.82. The van der Waals surface area contributed by atoms with Crippen LogP contribution in [0.15, 0.2) is 89.8 Å². The highest BCUT2D eigenvalue weighted by molar-refractivity contribution is 7.90. The average Bonchev–Trinajstić information content (AvgIpc) is 3.53. The van der Waals surface area contributed by atoms with Crippen LogP contribution in [0.5, 0.6) is 0 Å². The fraction of sp³-hybridized carbons (Fsp3) is 0.300. The summed E-state index contributed by atoms with van der Waals surface area (Å²) in [5, 5.41) is 3.12. The third-order valence-corrected chi connectivity index (χ3v) is 9.15. The Balaban J connectivity index is 1.48. The quantitative estimate of drug-likeness (QED) is 0.443. The van der Waals surface area contributed by atoms with E-state index in [9.17, 15) is 22.8 Å². The molecule has 1 unspecified atom stereocenters. The minimum Gasteiger partial charge on any atom is -0.352 e. The summed E-state index contributed by atoms with van der Waals surface area (Å²) >= 11 is 0. The largest absolute Gasteiger partial charge is 0.352 e. The molecule has 1 heterocycles. The number of benzene rings is 3. The van der Waals surface area contributed by atoms with Crippen molar-refractivity contribution >= 4 is 27.7 Å². The van der Waals surface area contributed by atoms with Gasteiger partial charge < -0.3 is 10.2 Å². The van der Waals surface area contributed by atoms with Gasteiger partial charge in [-0.25, -0.2) is 12.7 Å². The summed E-state index contributed by atoms with van der Waals surface area (Å²) in [6.07, 6.45) is 4.09. The number of fused-ring (bicyclic) bond motifs is 1. The smallest absolute Gasteiger partial charge is 0.269 e. The predicted molar refractivity (Wildman–Crippen MR) is 146 cm³/mol. The molecule has 9 heteroatoms. The monoisotopic (exact) mass is 545 g/mol. The van der Waals surface area contributed by atoms with Crippen LogP contribution in [-0.2, 0) is 32.6 Å². The van der Waals surface area contributed by atoms with Gasteiger partial charge in [-0.3, -0.25) is 14.4 Å². The van der Waals surface area contributed by atoms with Crippen LogP contribution in [-0.4, -0.2) is 54.0 Å². The Labute approximate surface area is 228 Å². The fourth-order valence-electron chi connectivity index (χ4n) is 5.30. The number of rotatable bonds is 9. The normalized spacial score (nSPS) is 17.0. The lowest BCUT2D eigenvalue weighted by atomic mass is 10.0. The summed E-state index contributed by atoms with van der Waals surface area (Å²) in [7, 11) is -4.18. The number of nitrogens with one attached hydrogen (secondary N) is 1. The highest BCUT2D eigenvalue weighted by Gasteiger charge is 2.43. The SMILES string of the molecule is O=C(NC1CCCC1)C(Cc1ccccc1)N(Cc1ccccc1)C(=O)CN1C(=O)c2ccccc2S1(=O)=O. The van der Waals surface area contributed by atoms with Crippen molar-refractivity contribution in [2.45, 2.75) is 55.6 Å². The summed E-state index contributed by atoms with van der Waals surface area (Å²) in [5.74, 6) is -1.64. The van der Waals surface area contributed by atoms with Gasteiger partial charge in [-0.2, -0.15) is 0 Å². The first-order valence-corrected chi connectivity index (χ1v) is 14.6. The Kier molecular flexibility index (Phi) is 7.79. The minimum atomic E-state index is -4.18. The van der Waals surface area contributed by atoms with E-state index in [0.29, 0.717) is 4.31 Å². The molecule has 1 aliphatic heterocycles. The van der Waals surface area contributed by atoms with E-state index in [4.69, 9.17) is 0 Å². The van der Waals surface area contributed by atoms with Gasteiger partial charge >= 0.3 is 0 Å². The van der Waals surface area contributed by atoms with Crippen molar-refractivity contribution in [2.75, 3.05) is 6.54 Å².